The molecule has 0 aliphatic carbocycles. The van der Waals surface area contributed by atoms with Gasteiger partial charge >= 0.3 is 6.03 Å². The Kier molecular flexibility index (Phi) is 5.43. The molecule has 7 heteroatoms. The molecule has 0 aliphatic heterocycles. The van der Waals surface area contributed by atoms with Gasteiger partial charge in [-0.25, -0.2) is 9.78 Å². The van der Waals surface area contributed by atoms with E-state index in [4.69, 9.17) is 0 Å². The summed E-state index contributed by atoms with van der Waals surface area (Å²) in [5.41, 5.74) is 1.91. The average Bonchev–Trinajstić information content (AvgIpc) is 2.80. The van der Waals surface area contributed by atoms with Crippen LogP contribution in [0.25, 0.3) is 11.0 Å². The predicted octanol–water partition coefficient (Wildman–Crippen LogP) is 2.15. The highest BCUT2D eigenvalue weighted by Crippen LogP contribution is 2.22. The Morgan fingerprint density at radius 1 is 1.32 bits per heavy atom. The van der Waals surface area contributed by atoms with Crippen molar-refractivity contribution in [2.24, 2.45) is 13.0 Å². The van der Waals surface area contributed by atoms with Crippen molar-refractivity contribution in [1.29, 1.82) is 0 Å². The van der Waals surface area contributed by atoms with Crippen molar-refractivity contribution in [1.82, 2.24) is 20.2 Å². The Balaban J connectivity index is 1.87. The summed E-state index contributed by atoms with van der Waals surface area (Å²) < 4.78 is 1.94. The van der Waals surface area contributed by atoms with Gasteiger partial charge in [-0.3, -0.25) is 10.1 Å². The van der Waals surface area contributed by atoms with Crippen LogP contribution in [0.2, 0.25) is 0 Å². The summed E-state index contributed by atoms with van der Waals surface area (Å²) in [6.45, 7) is 4.52. The minimum absolute atomic E-state index is 0.145. The first-order valence-corrected chi connectivity index (χ1v) is 8.08. The van der Waals surface area contributed by atoms with Crippen LogP contribution in [0.15, 0.2) is 29.4 Å². The van der Waals surface area contributed by atoms with E-state index in [9.17, 15) is 9.59 Å². The van der Waals surface area contributed by atoms with E-state index in [0.29, 0.717) is 12.5 Å². The van der Waals surface area contributed by atoms with Gasteiger partial charge < -0.3 is 9.88 Å². The fraction of sp³-hybridized carbons (Fsp3) is 0.400. The largest absolute Gasteiger partial charge is 0.338 e. The molecule has 0 aliphatic rings. The monoisotopic (exact) mass is 320 g/mol. The third-order valence-electron chi connectivity index (χ3n) is 3.00. The minimum atomic E-state index is -0.454. The maximum absolute atomic E-state index is 11.8. The van der Waals surface area contributed by atoms with Crippen molar-refractivity contribution in [3.63, 3.8) is 0 Å². The lowest BCUT2D eigenvalue weighted by Gasteiger charge is -2.08. The van der Waals surface area contributed by atoms with E-state index >= 15 is 0 Å². The van der Waals surface area contributed by atoms with E-state index in [1.54, 1.807) is 0 Å². The van der Waals surface area contributed by atoms with E-state index in [1.807, 2.05) is 49.7 Å². The van der Waals surface area contributed by atoms with Gasteiger partial charge in [-0.15, -0.1) is 0 Å². The zero-order valence-corrected chi connectivity index (χ0v) is 13.7. The SMILES string of the molecule is CC(C)CNC(=O)NC(=O)CSc1nc2ccccc2n1C. The van der Waals surface area contributed by atoms with Crippen molar-refractivity contribution < 1.29 is 9.59 Å². The van der Waals surface area contributed by atoms with E-state index in [1.165, 1.54) is 11.8 Å². The lowest BCUT2D eigenvalue weighted by atomic mass is 10.2. The number of imidazole rings is 1. The number of thioether (sulfide) groups is 1. The second kappa shape index (κ2) is 7.31. The molecule has 118 valence electrons. The first-order chi connectivity index (χ1) is 10.5. The predicted molar refractivity (Wildman–Crippen MR) is 87.8 cm³/mol. The Labute approximate surface area is 133 Å². The number of imide groups is 1. The molecule has 0 saturated carbocycles. The van der Waals surface area contributed by atoms with Gasteiger partial charge in [0.25, 0.3) is 0 Å². The number of para-hydroxylation sites is 2. The fourth-order valence-corrected chi connectivity index (χ4v) is 2.67. The number of fused-ring (bicyclic) bond motifs is 1. The summed E-state index contributed by atoms with van der Waals surface area (Å²) in [5.74, 6) is 0.153. The van der Waals surface area contributed by atoms with Crippen LogP contribution in [-0.2, 0) is 11.8 Å². The van der Waals surface area contributed by atoms with Crippen molar-refractivity contribution >= 4 is 34.7 Å². The summed E-state index contributed by atoms with van der Waals surface area (Å²) >= 11 is 1.31. The zero-order valence-electron chi connectivity index (χ0n) is 12.9. The molecule has 0 bridgehead atoms. The van der Waals surface area contributed by atoms with Crippen LogP contribution in [0.1, 0.15) is 13.8 Å². The van der Waals surface area contributed by atoms with Crippen LogP contribution in [0, 0.1) is 5.92 Å². The molecule has 3 amide bonds. The molecule has 2 N–H and O–H groups in total. The molecule has 6 nitrogen and oxygen atoms in total. The van der Waals surface area contributed by atoms with Gasteiger partial charge in [0.2, 0.25) is 5.91 Å². The molecule has 1 heterocycles. The summed E-state index contributed by atoms with van der Waals surface area (Å²) in [4.78, 5) is 27.7. The summed E-state index contributed by atoms with van der Waals surface area (Å²) in [6.07, 6.45) is 0. The summed E-state index contributed by atoms with van der Waals surface area (Å²) in [6, 6.07) is 7.33. The first-order valence-electron chi connectivity index (χ1n) is 7.09. The Hall–Kier alpha value is -2.02. The van der Waals surface area contributed by atoms with E-state index in [0.717, 1.165) is 16.2 Å². The number of aryl methyl sites for hydroxylation is 1. The van der Waals surface area contributed by atoms with Crippen LogP contribution in [0.5, 0.6) is 0 Å². The molecule has 2 rings (SSSR count). The van der Waals surface area contributed by atoms with Gasteiger partial charge in [0, 0.05) is 13.6 Å². The molecule has 0 fully saturated rings. The lowest BCUT2D eigenvalue weighted by Crippen LogP contribution is -2.41. The maximum atomic E-state index is 11.8. The van der Waals surface area contributed by atoms with Crippen molar-refractivity contribution in [2.45, 2.75) is 19.0 Å². The molecule has 0 spiro atoms. The number of carbonyl (C=O) groups is 2. The molecular formula is C15H20N4O2S. The standard InChI is InChI=1S/C15H20N4O2S/c1-10(2)8-16-14(21)18-13(20)9-22-15-17-11-6-4-5-7-12(11)19(15)3/h4-7,10H,8-9H2,1-3H3,(H2,16,18,20,21). The third-order valence-corrected chi connectivity index (χ3v) is 4.03. The third kappa shape index (κ3) is 4.24. The number of hydrogen-bond donors (Lipinski definition) is 2. The van der Waals surface area contributed by atoms with Gasteiger partial charge in [0.15, 0.2) is 5.16 Å². The zero-order chi connectivity index (χ0) is 16.1. The maximum Gasteiger partial charge on any atom is 0.321 e. The Bertz CT molecular complexity index is 681. The van der Waals surface area contributed by atoms with Gasteiger partial charge in [-0.05, 0) is 18.1 Å². The number of aromatic nitrogens is 2. The number of benzene rings is 1. The summed E-state index contributed by atoms with van der Waals surface area (Å²) in [7, 11) is 1.91. The average molecular weight is 320 g/mol. The molecular weight excluding hydrogens is 300 g/mol. The number of nitrogens with zero attached hydrogens (tertiary/aromatic N) is 2. The van der Waals surface area contributed by atoms with E-state index < -0.39 is 6.03 Å². The van der Waals surface area contributed by atoms with E-state index in [-0.39, 0.29) is 11.7 Å². The van der Waals surface area contributed by atoms with Crippen LogP contribution >= 0.6 is 11.8 Å². The number of rotatable bonds is 5. The highest BCUT2D eigenvalue weighted by Gasteiger charge is 2.12. The normalized spacial score (nSPS) is 10.9. The van der Waals surface area contributed by atoms with Crippen LogP contribution in [-0.4, -0.2) is 33.8 Å². The highest BCUT2D eigenvalue weighted by atomic mass is 32.2. The molecule has 0 saturated heterocycles. The number of carbonyl (C=O) groups excluding carboxylic acids is 2. The number of nitrogens with one attached hydrogen (secondary N) is 2. The molecule has 0 radical (unpaired) electrons. The molecule has 1 aromatic heterocycles. The molecule has 22 heavy (non-hydrogen) atoms. The van der Waals surface area contributed by atoms with Crippen molar-refractivity contribution in [3.05, 3.63) is 24.3 Å². The second-order valence-electron chi connectivity index (χ2n) is 5.38. The lowest BCUT2D eigenvalue weighted by molar-refractivity contribution is -0.117. The number of urea groups is 1. The van der Waals surface area contributed by atoms with Crippen molar-refractivity contribution in [3.8, 4) is 0 Å². The van der Waals surface area contributed by atoms with Crippen molar-refractivity contribution in [2.75, 3.05) is 12.3 Å². The Morgan fingerprint density at radius 3 is 2.73 bits per heavy atom. The van der Waals surface area contributed by atoms with Gasteiger partial charge in [-0.2, -0.15) is 0 Å². The molecule has 2 aromatic rings. The van der Waals surface area contributed by atoms with Gasteiger partial charge in [-0.1, -0.05) is 37.7 Å². The molecule has 0 unspecified atom stereocenters. The quantitative estimate of drug-likeness (QED) is 0.828. The second-order valence-corrected chi connectivity index (χ2v) is 6.33. The molecule has 0 atom stereocenters. The van der Waals surface area contributed by atoms with Crippen LogP contribution < -0.4 is 10.6 Å². The number of amides is 3. The first kappa shape index (κ1) is 16.4. The smallest absolute Gasteiger partial charge is 0.321 e. The van der Waals surface area contributed by atoms with Gasteiger partial charge in [0.1, 0.15) is 0 Å². The summed E-state index contributed by atoms with van der Waals surface area (Å²) in [5, 5.41) is 5.70. The number of hydrogen-bond acceptors (Lipinski definition) is 4. The Morgan fingerprint density at radius 2 is 2.05 bits per heavy atom. The topological polar surface area (TPSA) is 76.0 Å². The highest BCUT2D eigenvalue weighted by molar-refractivity contribution is 7.99. The fourth-order valence-electron chi connectivity index (χ4n) is 1.89. The van der Waals surface area contributed by atoms with Gasteiger partial charge in [0.05, 0.1) is 16.8 Å². The molecule has 1 aromatic carbocycles. The minimum Gasteiger partial charge on any atom is -0.338 e. The van der Waals surface area contributed by atoms with Crippen LogP contribution in [0.3, 0.4) is 0 Å². The van der Waals surface area contributed by atoms with E-state index in [2.05, 4.69) is 15.6 Å². The van der Waals surface area contributed by atoms with Crippen LogP contribution in [0.4, 0.5) is 4.79 Å².